The molecule has 1 atom stereocenters. The molecule has 0 N–H and O–H groups in total. The van der Waals surface area contributed by atoms with Crippen molar-refractivity contribution < 1.29 is 14.1 Å². The van der Waals surface area contributed by atoms with Crippen LogP contribution in [-0.2, 0) is 0 Å². The molecule has 1 aromatic heterocycles. The lowest BCUT2D eigenvalue weighted by molar-refractivity contribution is -0.384. The smallest absolute Gasteiger partial charge is 0.295 e. The first kappa shape index (κ1) is 19.2. The topological polar surface area (TPSA) is 93.7 Å². The van der Waals surface area contributed by atoms with E-state index in [1.54, 1.807) is 54.6 Å². The number of carbonyl (C=O) groups is 1. The molecule has 2 heterocycles. The predicted molar refractivity (Wildman–Crippen MR) is 118 cm³/mol. The highest BCUT2D eigenvalue weighted by molar-refractivity contribution is 9.10. The Labute approximate surface area is 183 Å². The fourth-order valence-electron chi connectivity index (χ4n) is 3.91. The first-order valence-corrected chi connectivity index (χ1v) is 10.1. The molecule has 8 heteroatoms. The van der Waals surface area contributed by atoms with Crippen LogP contribution in [0.5, 0.6) is 0 Å². The van der Waals surface area contributed by atoms with Crippen molar-refractivity contribution in [2.75, 3.05) is 4.90 Å². The summed E-state index contributed by atoms with van der Waals surface area (Å²) in [5.74, 6) is -0.466. The van der Waals surface area contributed by atoms with E-state index in [0.29, 0.717) is 22.2 Å². The zero-order chi connectivity index (χ0) is 21.7. The number of para-hydroxylation sites is 1. The van der Waals surface area contributed by atoms with Crippen molar-refractivity contribution in [3.63, 3.8) is 0 Å². The Morgan fingerprint density at radius 2 is 1.71 bits per heavy atom. The minimum Gasteiger partial charge on any atom is -0.450 e. The molecule has 0 aliphatic carbocycles. The van der Waals surface area contributed by atoms with Gasteiger partial charge in [-0.1, -0.05) is 34.1 Å². The van der Waals surface area contributed by atoms with Gasteiger partial charge >= 0.3 is 0 Å². The van der Waals surface area contributed by atoms with Crippen molar-refractivity contribution in [3.8, 4) is 0 Å². The summed E-state index contributed by atoms with van der Waals surface area (Å²) in [6.07, 6.45) is 0. The molecule has 3 aromatic carbocycles. The maximum atomic E-state index is 13.4. The number of carbonyl (C=O) groups excluding carboxylic acids is 1. The Bertz CT molecular complexity index is 1430. The summed E-state index contributed by atoms with van der Waals surface area (Å²) >= 11 is 3.42. The molecule has 0 fully saturated rings. The molecule has 4 aromatic rings. The van der Waals surface area contributed by atoms with Gasteiger partial charge in [-0.15, -0.1) is 0 Å². The van der Waals surface area contributed by atoms with Gasteiger partial charge in [0.2, 0.25) is 5.76 Å². The second kappa shape index (κ2) is 7.17. The molecule has 1 unspecified atom stereocenters. The molecule has 0 saturated heterocycles. The third-order valence-electron chi connectivity index (χ3n) is 5.28. The summed E-state index contributed by atoms with van der Waals surface area (Å²) in [5.41, 5.74) is 1.31. The standard InChI is InChI=1S/C23H13BrN2O5/c24-14-4-3-5-16(12-14)25-20(13-8-10-15(11-9-13)26(29)30)19-21(27)17-6-1-2-7-18(17)31-22(19)23(25)28/h1-12,20H. The fourth-order valence-corrected chi connectivity index (χ4v) is 4.29. The third-order valence-corrected chi connectivity index (χ3v) is 5.78. The number of non-ortho nitro benzene ring substituents is 1. The maximum Gasteiger partial charge on any atom is 0.295 e. The van der Waals surface area contributed by atoms with Crippen molar-refractivity contribution >= 4 is 44.2 Å². The molecular weight excluding hydrogens is 464 g/mol. The number of nitrogens with zero attached hydrogens (tertiary/aromatic N) is 2. The van der Waals surface area contributed by atoms with Crippen LogP contribution in [0.3, 0.4) is 0 Å². The van der Waals surface area contributed by atoms with Crippen LogP contribution in [-0.4, -0.2) is 10.8 Å². The number of amides is 1. The van der Waals surface area contributed by atoms with E-state index >= 15 is 0 Å². The van der Waals surface area contributed by atoms with Crippen LogP contribution in [0.25, 0.3) is 11.0 Å². The van der Waals surface area contributed by atoms with Crippen LogP contribution < -0.4 is 10.3 Å². The number of fused-ring (bicyclic) bond motifs is 2. The molecule has 152 valence electrons. The largest absolute Gasteiger partial charge is 0.450 e. The number of hydrogen-bond donors (Lipinski definition) is 0. The molecule has 1 amide bonds. The Kier molecular flexibility index (Phi) is 4.44. The van der Waals surface area contributed by atoms with E-state index in [0.717, 1.165) is 4.47 Å². The first-order valence-electron chi connectivity index (χ1n) is 9.35. The quantitative estimate of drug-likeness (QED) is 0.298. The minimum absolute atomic E-state index is 0.0213. The fraction of sp³-hybridized carbons (Fsp3) is 0.0435. The van der Waals surface area contributed by atoms with Gasteiger partial charge in [-0.3, -0.25) is 24.6 Å². The summed E-state index contributed by atoms with van der Waals surface area (Å²) in [6, 6.07) is 19.0. The van der Waals surface area contributed by atoms with E-state index in [-0.39, 0.29) is 22.4 Å². The van der Waals surface area contributed by atoms with Crippen LogP contribution in [0.1, 0.15) is 27.7 Å². The number of nitro groups is 1. The number of rotatable bonds is 3. The van der Waals surface area contributed by atoms with Crippen molar-refractivity contribution in [3.05, 3.63) is 114 Å². The lowest BCUT2D eigenvalue weighted by atomic mass is 9.98. The van der Waals surface area contributed by atoms with Crippen molar-refractivity contribution in [1.29, 1.82) is 0 Å². The zero-order valence-corrected chi connectivity index (χ0v) is 17.4. The molecule has 0 spiro atoms. The summed E-state index contributed by atoms with van der Waals surface area (Å²) in [7, 11) is 0. The molecular formula is C23H13BrN2O5. The lowest BCUT2D eigenvalue weighted by Crippen LogP contribution is -2.29. The van der Waals surface area contributed by atoms with Gasteiger partial charge in [0.15, 0.2) is 5.43 Å². The van der Waals surface area contributed by atoms with Gasteiger partial charge in [0, 0.05) is 22.3 Å². The normalized spacial score (nSPS) is 15.3. The molecule has 1 aliphatic heterocycles. The maximum absolute atomic E-state index is 13.4. The van der Waals surface area contributed by atoms with Gasteiger partial charge in [0.25, 0.3) is 11.6 Å². The van der Waals surface area contributed by atoms with Crippen LogP contribution in [0.2, 0.25) is 0 Å². The number of hydrogen-bond acceptors (Lipinski definition) is 5. The van der Waals surface area contributed by atoms with Crippen LogP contribution in [0.15, 0.2) is 86.5 Å². The van der Waals surface area contributed by atoms with E-state index in [1.165, 1.54) is 17.0 Å². The van der Waals surface area contributed by atoms with Gasteiger partial charge in [-0.05, 0) is 48.0 Å². The Balaban J connectivity index is 1.79. The van der Waals surface area contributed by atoms with E-state index in [2.05, 4.69) is 15.9 Å². The van der Waals surface area contributed by atoms with Crippen molar-refractivity contribution in [1.82, 2.24) is 0 Å². The molecule has 0 saturated carbocycles. The number of halogens is 1. The van der Waals surface area contributed by atoms with E-state index in [4.69, 9.17) is 4.42 Å². The van der Waals surface area contributed by atoms with Crippen molar-refractivity contribution in [2.24, 2.45) is 0 Å². The van der Waals surface area contributed by atoms with E-state index in [1.807, 2.05) is 6.07 Å². The lowest BCUT2D eigenvalue weighted by Gasteiger charge is -2.25. The van der Waals surface area contributed by atoms with Gasteiger partial charge in [-0.25, -0.2) is 0 Å². The molecule has 31 heavy (non-hydrogen) atoms. The van der Waals surface area contributed by atoms with Crippen LogP contribution >= 0.6 is 15.9 Å². The second-order valence-corrected chi connectivity index (χ2v) is 7.99. The molecule has 7 nitrogen and oxygen atoms in total. The Morgan fingerprint density at radius 1 is 0.968 bits per heavy atom. The average molecular weight is 477 g/mol. The summed E-state index contributed by atoms with van der Waals surface area (Å²) < 4.78 is 6.65. The van der Waals surface area contributed by atoms with Crippen LogP contribution in [0, 0.1) is 10.1 Å². The number of benzene rings is 3. The van der Waals surface area contributed by atoms with Gasteiger partial charge < -0.3 is 4.42 Å². The van der Waals surface area contributed by atoms with Crippen molar-refractivity contribution in [2.45, 2.75) is 6.04 Å². The van der Waals surface area contributed by atoms with Crippen LogP contribution in [0.4, 0.5) is 11.4 Å². The summed E-state index contributed by atoms with van der Waals surface area (Å²) in [4.78, 5) is 38.9. The van der Waals surface area contributed by atoms with Gasteiger partial charge in [0.05, 0.1) is 21.9 Å². The monoisotopic (exact) mass is 476 g/mol. The second-order valence-electron chi connectivity index (χ2n) is 7.08. The SMILES string of the molecule is O=C1c2oc3ccccc3c(=O)c2C(c2ccc([N+](=O)[O-])cc2)N1c1cccc(Br)c1. The van der Waals surface area contributed by atoms with E-state index in [9.17, 15) is 19.7 Å². The highest BCUT2D eigenvalue weighted by Gasteiger charge is 2.43. The number of anilines is 1. The van der Waals surface area contributed by atoms with Gasteiger partial charge in [-0.2, -0.15) is 0 Å². The average Bonchev–Trinajstić information content (AvgIpc) is 3.06. The molecule has 1 aliphatic rings. The minimum atomic E-state index is -0.779. The molecule has 0 bridgehead atoms. The highest BCUT2D eigenvalue weighted by atomic mass is 79.9. The molecule has 0 radical (unpaired) electrons. The van der Waals surface area contributed by atoms with Gasteiger partial charge in [0.1, 0.15) is 5.58 Å². The third kappa shape index (κ3) is 3.03. The summed E-state index contributed by atoms with van der Waals surface area (Å²) in [5, 5.41) is 11.5. The summed E-state index contributed by atoms with van der Waals surface area (Å²) in [6.45, 7) is 0. The highest BCUT2D eigenvalue weighted by Crippen LogP contribution is 2.42. The predicted octanol–water partition coefficient (Wildman–Crippen LogP) is 5.21. The molecule has 5 rings (SSSR count). The Hall–Kier alpha value is -3.78. The zero-order valence-electron chi connectivity index (χ0n) is 15.8. The first-order chi connectivity index (χ1) is 15.0. The number of nitro benzene ring substituents is 1. The Morgan fingerprint density at radius 3 is 2.42 bits per heavy atom. The van der Waals surface area contributed by atoms with E-state index < -0.39 is 16.9 Å².